The quantitative estimate of drug-likeness (QED) is 0.193. The number of aryl methyl sites for hydroxylation is 2. The lowest BCUT2D eigenvalue weighted by molar-refractivity contribution is -0.475. The summed E-state index contributed by atoms with van der Waals surface area (Å²) in [4.78, 5) is 16.8. The van der Waals surface area contributed by atoms with E-state index in [2.05, 4.69) is 4.98 Å². The smallest absolute Gasteiger partial charge is 0.316 e. The molecule has 0 aliphatic carbocycles. The fraction of sp³-hybridized carbons (Fsp3) is 0.409. The first-order chi connectivity index (χ1) is 13.0. The lowest BCUT2D eigenvalue weighted by atomic mass is 9.97. The van der Waals surface area contributed by atoms with Crippen LogP contribution < -0.4 is 9.47 Å². The molecular formula is C22H28N2O4. The normalized spacial score (nSPS) is 12.4. The van der Waals surface area contributed by atoms with Gasteiger partial charge in [0.15, 0.2) is 18.0 Å². The summed E-state index contributed by atoms with van der Waals surface area (Å²) in [6.07, 6.45) is 0. The Balaban J connectivity index is 2.43. The number of esters is 1. The second-order valence-electron chi connectivity index (χ2n) is 7.88. The molecule has 1 aromatic heterocycles. The third-order valence-corrected chi connectivity index (χ3v) is 4.24. The van der Waals surface area contributed by atoms with E-state index in [0.717, 1.165) is 16.0 Å². The number of hydrogen-bond donors (Lipinski definition) is 0. The molecule has 0 atom stereocenters. The third-order valence-electron chi connectivity index (χ3n) is 4.24. The number of benzene rings is 1. The maximum absolute atomic E-state index is 12.8. The Morgan fingerprint density at radius 2 is 1.89 bits per heavy atom. The number of nitrogens with zero attached hydrogens (tertiary/aromatic N) is 2. The number of rotatable bonds is 5. The third kappa shape index (κ3) is 5.09. The number of para-hydroxylation sites is 1. The Morgan fingerprint density at radius 1 is 1.21 bits per heavy atom. The SMILES string of the molecule is COc1cccc(C/[N+]([O-])=C(\C)c2cc(C)cc(C)n2)c1OC(=O)C(C)(C)C. The summed E-state index contributed by atoms with van der Waals surface area (Å²) in [7, 11) is 1.50. The molecule has 0 fully saturated rings. The molecule has 0 amide bonds. The summed E-state index contributed by atoms with van der Waals surface area (Å²) < 4.78 is 11.8. The molecule has 0 aliphatic rings. The van der Waals surface area contributed by atoms with Gasteiger partial charge < -0.3 is 14.7 Å². The van der Waals surface area contributed by atoms with Crippen molar-refractivity contribution in [2.45, 2.75) is 48.1 Å². The molecule has 6 heteroatoms. The predicted molar refractivity (Wildman–Crippen MR) is 109 cm³/mol. The largest absolute Gasteiger partial charge is 0.623 e. The van der Waals surface area contributed by atoms with E-state index in [-0.39, 0.29) is 12.3 Å². The maximum atomic E-state index is 12.8. The molecule has 150 valence electrons. The zero-order valence-corrected chi connectivity index (χ0v) is 17.6. The Bertz CT molecular complexity index is 891. The zero-order valence-electron chi connectivity index (χ0n) is 17.6. The van der Waals surface area contributed by atoms with Crippen LogP contribution in [0.5, 0.6) is 11.5 Å². The second-order valence-corrected chi connectivity index (χ2v) is 7.88. The van der Waals surface area contributed by atoms with Crippen LogP contribution in [0, 0.1) is 24.5 Å². The van der Waals surface area contributed by atoms with Crippen molar-refractivity contribution in [3.8, 4) is 11.5 Å². The fourth-order valence-corrected chi connectivity index (χ4v) is 2.64. The number of hydroxylamine groups is 1. The van der Waals surface area contributed by atoms with Gasteiger partial charge in [0.1, 0.15) is 5.69 Å². The van der Waals surface area contributed by atoms with Gasteiger partial charge in [0, 0.05) is 12.6 Å². The van der Waals surface area contributed by atoms with E-state index in [1.165, 1.54) is 7.11 Å². The molecule has 1 aromatic carbocycles. The molecular weight excluding hydrogens is 356 g/mol. The summed E-state index contributed by atoms with van der Waals surface area (Å²) >= 11 is 0. The van der Waals surface area contributed by atoms with Gasteiger partial charge in [0.05, 0.1) is 18.1 Å². The molecule has 2 aromatic rings. The first-order valence-electron chi connectivity index (χ1n) is 9.15. The molecule has 28 heavy (non-hydrogen) atoms. The Labute approximate surface area is 166 Å². The van der Waals surface area contributed by atoms with E-state index < -0.39 is 11.4 Å². The average Bonchev–Trinajstić information content (AvgIpc) is 2.60. The fourth-order valence-electron chi connectivity index (χ4n) is 2.64. The van der Waals surface area contributed by atoms with Crippen molar-refractivity contribution in [1.82, 2.24) is 4.98 Å². The lowest BCUT2D eigenvalue weighted by Gasteiger charge is -2.19. The minimum absolute atomic E-state index is 0.00442. The second kappa shape index (κ2) is 8.42. The van der Waals surface area contributed by atoms with Crippen LogP contribution in [0.25, 0.3) is 0 Å². The van der Waals surface area contributed by atoms with Crippen molar-refractivity contribution < 1.29 is 19.0 Å². The van der Waals surface area contributed by atoms with Gasteiger partial charge in [-0.3, -0.25) is 4.79 Å². The lowest BCUT2D eigenvalue weighted by Crippen LogP contribution is -2.26. The van der Waals surface area contributed by atoms with E-state index in [1.807, 2.05) is 26.0 Å². The van der Waals surface area contributed by atoms with E-state index in [1.54, 1.807) is 45.9 Å². The van der Waals surface area contributed by atoms with Crippen LogP contribution in [0.15, 0.2) is 30.3 Å². The number of pyridine rings is 1. The van der Waals surface area contributed by atoms with Gasteiger partial charge in [-0.1, -0.05) is 6.07 Å². The van der Waals surface area contributed by atoms with Gasteiger partial charge in [0.25, 0.3) is 0 Å². The topological polar surface area (TPSA) is 74.5 Å². The van der Waals surface area contributed by atoms with E-state index in [4.69, 9.17) is 9.47 Å². The monoisotopic (exact) mass is 384 g/mol. The van der Waals surface area contributed by atoms with Crippen LogP contribution in [0.1, 0.15) is 50.2 Å². The Morgan fingerprint density at radius 3 is 2.46 bits per heavy atom. The van der Waals surface area contributed by atoms with Crippen LogP contribution in [-0.2, 0) is 11.3 Å². The Hall–Kier alpha value is -2.89. The molecule has 0 aliphatic heterocycles. The molecule has 0 spiro atoms. The summed E-state index contributed by atoms with van der Waals surface area (Å²) in [5.74, 6) is 0.282. The van der Waals surface area contributed by atoms with Crippen molar-refractivity contribution in [1.29, 1.82) is 0 Å². The van der Waals surface area contributed by atoms with Gasteiger partial charge in [0.2, 0.25) is 5.71 Å². The summed E-state index contributed by atoms with van der Waals surface area (Å²) in [6, 6.07) is 9.05. The van der Waals surface area contributed by atoms with Crippen LogP contribution in [0.4, 0.5) is 0 Å². The van der Waals surface area contributed by atoms with Gasteiger partial charge in [-0.15, -0.1) is 0 Å². The molecule has 0 N–H and O–H groups in total. The summed E-state index contributed by atoms with van der Waals surface area (Å²) in [5.41, 5.74) is 2.89. The highest BCUT2D eigenvalue weighted by molar-refractivity contribution is 5.93. The van der Waals surface area contributed by atoms with Crippen molar-refractivity contribution in [2.75, 3.05) is 7.11 Å². The predicted octanol–water partition coefficient (Wildman–Crippen LogP) is 4.18. The summed E-state index contributed by atoms with van der Waals surface area (Å²) in [6.45, 7) is 10.9. The number of methoxy groups -OCH3 is 1. The minimum Gasteiger partial charge on any atom is -0.623 e. The first-order valence-corrected chi connectivity index (χ1v) is 9.15. The van der Waals surface area contributed by atoms with E-state index in [9.17, 15) is 10.0 Å². The van der Waals surface area contributed by atoms with Crippen LogP contribution >= 0.6 is 0 Å². The molecule has 0 bridgehead atoms. The maximum Gasteiger partial charge on any atom is 0.316 e. The van der Waals surface area contributed by atoms with Crippen LogP contribution in [-0.4, -0.2) is 28.5 Å². The highest BCUT2D eigenvalue weighted by Crippen LogP contribution is 2.33. The number of carbonyl (C=O) groups is 1. The molecule has 0 radical (unpaired) electrons. The Kier molecular flexibility index (Phi) is 6.44. The van der Waals surface area contributed by atoms with Gasteiger partial charge in [-0.05, 0) is 64.4 Å². The van der Waals surface area contributed by atoms with Crippen LogP contribution in [0.2, 0.25) is 0 Å². The minimum atomic E-state index is -0.680. The van der Waals surface area contributed by atoms with Crippen molar-refractivity contribution in [3.05, 3.63) is 58.1 Å². The van der Waals surface area contributed by atoms with Gasteiger partial charge in [-0.2, -0.15) is 0 Å². The number of ether oxygens (including phenoxy) is 2. The molecule has 1 heterocycles. The van der Waals surface area contributed by atoms with Gasteiger partial charge >= 0.3 is 5.97 Å². The number of hydrogen-bond acceptors (Lipinski definition) is 5. The molecule has 2 rings (SSSR count). The zero-order chi connectivity index (χ0) is 21.1. The standard InChI is InChI=1S/C22H28N2O4/c1-14-11-15(2)23-18(12-14)16(3)24(26)13-17-9-8-10-19(27-7)20(17)28-21(25)22(4,5)6/h8-12H,13H2,1-7H3/b24-16-. The first kappa shape index (κ1) is 21.4. The van der Waals surface area contributed by atoms with Crippen LogP contribution in [0.3, 0.4) is 0 Å². The number of aromatic nitrogens is 1. The summed E-state index contributed by atoms with van der Waals surface area (Å²) in [5, 5.41) is 12.8. The average molecular weight is 384 g/mol. The van der Waals surface area contributed by atoms with E-state index in [0.29, 0.717) is 22.7 Å². The molecule has 6 nitrogen and oxygen atoms in total. The van der Waals surface area contributed by atoms with E-state index >= 15 is 0 Å². The van der Waals surface area contributed by atoms with Crippen molar-refractivity contribution in [2.24, 2.45) is 5.41 Å². The molecule has 0 saturated heterocycles. The van der Waals surface area contributed by atoms with Crippen molar-refractivity contribution in [3.63, 3.8) is 0 Å². The molecule has 0 unspecified atom stereocenters. The number of carbonyl (C=O) groups excluding carboxylic acids is 1. The van der Waals surface area contributed by atoms with Crippen molar-refractivity contribution >= 4 is 11.7 Å². The highest BCUT2D eigenvalue weighted by atomic mass is 16.6. The van der Waals surface area contributed by atoms with Gasteiger partial charge in [-0.25, -0.2) is 9.72 Å². The molecule has 0 saturated carbocycles. The highest BCUT2D eigenvalue weighted by Gasteiger charge is 2.27.